The molecule has 4 saturated heterocycles. The molecule has 4 aliphatic rings. The second-order valence-corrected chi connectivity index (χ2v) is 12.1. The number of ether oxygens (including phenoxy) is 2. The van der Waals surface area contributed by atoms with Gasteiger partial charge in [0.15, 0.2) is 0 Å². The maximum atomic E-state index is 13.8. The quantitative estimate of drug-likeness (QED) is 0.523. The topological polar surface area (TPSA) is 74.3 Å². The van der Waals surface area contributed by atoms with E-state index in [-0.39, 0.29) is 23.8 Å². The minimum atomic E-state index is -4.64. The molecule has 4 aliphatic heterocycles. The van der Waals surface area contributed by atoms with Crippen LogP contribution in [0, 0.1) is 0 Å². The maximum absolute atomic E-state index is 13.8. The number of alkyl halides is 3. The van der Waals surface area contributed by atoms with Crippen LogP contribution in [0.15, 0.2) is 18.2 Å². The van der Waals surface area contributed by atoms with Crippen LogP contribution < -0.4 is 9.80 Å². The van der Waals surface area contributed by atoms with E-state index in [1.54, 1.807) is 11.0 Å². The average molecular weight is 553 g/mol. The van der Waals surface area contributed by atoms with Gasteiger partial charge in [-0.15, -0.1) is 0 Å². The summed E-state index contributed by atoms with van der Waals surface area (Å²) in [7, 11) is 0. The van der Waals surface area contributed by atoms with Gasteiger partial charge >= 0.3 is 12.3 Å². The normalized spacial score (nSPS) is 26.2. The first-order valence-corrected chi connectivity index (χ1v) is 13.8. The molecule has 0 bridgehead atoms. The zero-order valence-corrected chi connectivity index (χ0v) is 23.3. The second kappa shape index (κ2) is 10.1. The SMILES string of the molecule is C=C1CCOC12CCN(c1cc(N3C[C@@H](N4CCN(C(=O)OC(C)(C)C)CC4)[C@H]3C)nc(C(F)(F)F)n1)CC2. The zero-order chi connectivity index (χ0) is 28.2. The van der Waals surface area contributed by atoms with Crippen LogP contribution in [0.4, 0.5) is 29.6 Å². The number of carbonyl (C=O) groups is 1. The van der Waals surface area contributed by atoms with Crippen LogP contribution in [0.5, 0.6) is 0 Å². The number of piperidine rings is 1. The third kappa shape index (κ3) is 5.68. The lowest BCUT2D eigenvalue weighted by Crippen LogP contribution is -2.68. The highest BCUT2D eigenvalue weighted by Crippen LogP contribution is 2.41. The highest BCUT2D eigenvalue weighted by atomic mass is 19.4. The van der Waals surface area contributed by atoms with Crippen LogP contribution >= 0.6 is 0 Å². The molecular formula is C27H39F3N6O3. The summed E-state index contributed by atoms with van der Waals surface area (Å²) in [6.45, 7) is 16.5. The van der Waals surface area contributed by atoms with Crippen molar-refractivity contribution in [3.8, 4) is 0 Å². The van der Waals surface area contributed by atoms with Crippen LogP contribution in [0.25, 0.3) is 0 Å². The summed E-state index contributed by atoms with van der Waals surface area (Å²) in [5.41, 5.74) is 0.178. The van der Waals surface area contributed by atoms with Crippen molar-refractivity contribution < 1.29 is 27.4 Å². The van der Waals surface area contributed by atoms with Gasteiger partial charge < -0.3 is 24.2 Å². The fourth-order valence-corrected chi connectivity index (χ4v) is 6.03. The van der Waals surface area contributed by atoms with Gasteiger partial charge in [-0.05, 0) is 52.5 Å². The number of aromatic nitrogens is 2. The predicted molar refractivity (Wildman–Crippen MR) is 141 cm³/mol. The van der Waals surface area contributed by atoms with Gasteiger partial charge in [0.1, 0.15) is 17.2 Å². The summed E-state index contributed by atoms with van der Waals surface area (Å²) in [5, 5.41) is 0. The first-order valence-electron chi connectivity index (χ1n) is 13.8. The Kier molecular flexibility index (Phi) is 7.24. The van der Waals surface area contributed by atoms with E-state index in [1.165, 1.54) is 0 Å². The molecule has 1 spiro atoms. The molecule has 216 valence electrons. The summed E-state index contributed by atoms with van der Waals surface area (Å²) < 4.78 is 52.9. The molecule has 1 aromatic heterocycles. The molecule has 1 amide bonds. The van der Waals surface area contributed by atoms with Gasteiger partial charge in [0.25, 0.3) is 0 Å². The molecule has 1 aromatic rings. The summed E-state index contributed by atoms with van der Waals surface area (Å²) >= 11 is 0. The van der Waals surface area contributed by atoms with Crippen LogP contribution in [-0.2, 0) is 15.7 Å². The minimum absolute atomic E-state index is 0.0262. The lowest BCUT2D eigenvalue weighted by molar-refractivity contribution is -0.144. The van der Waals surface area contributed by atoms with Crippen molar-refractivity contribution in [3.05, 3.63) is 24.0 Å². The molecule has 0 aromatic carbocycles. The molecule has 0 unspecified atom stereocenters. The Hall–Kier alpha value is -2.60. The highest BCUT2D eigenvalue weighted by Gasteiger charge is 2.45. The third-order valence-electron chi connectivity index (χ3n) is 8.44. The molecule has 5 rings (SSSR count). The summed E-state index contributed by atoms with van der Waals surface area (Å²) in [4.78, 5) is 28.1. The van der Waals surface area contributed by atoms with E-state index in [2.05, 4.69) is 21.4 Å². The van der Waals surface area contributed by atoms with Gasteiger partial charge in [0.05, 0.1) is 12.2 Å². The summed E-state index contributed by atoms with van der Waals surface area (Å²) in [6.07, 6.45) is -2.75. The Labute approximate surface area is 227 Å². The van der Waals surface area contributed by atoms with E-state index in [1.807, 2.05) is 37.5 Å². The molecular weight excluding hydrogens is 513 g/mol. The minimum Gasteiger partial charge on any atom is -0.444 e. The van der Waals surface area contributed by atoms with E-state index < -0.39 is 17.6 Å². The van der Waals surface area contributed by atoms with E-state index in [0.29, 0.717) is 76.9 Å². The van der Waals surface area contributed by atoms with E-state index in [0.717, 1.165) is 12.0 Å². The Bertz CT molecular complexity index is 1090. The third-order valence-corrected chi connectivity index (χ3v) is 8.44. The first kappa shape index (κ1) is 27.9. The molecule has 12 heteroatoms. The number of rotatable bonds is 3. The van der Waals surface area contributed by atoms with E-state index in [4.69, 9.17) is 9.47 Å². The monoisotopic (exact) mass is 552 g/mol. The number of nitrogens with zero attached hydrogens (tertiary/aromatic N) is 6. The molecule has 4 fully saturated rings. The Morgan fingerprint density at radius 3 is 2.26 bits per heavy atom. The van der Waals surface area contributed by atoms with Crippen LogP contribution in [-0.4, -0.2) is 102 Å². The molecule has 0 aliphatic carbocycles. The lowest BCUT2D eigenvalue weighted by atomic mass is 9.85. The van der Waals surface area contributed by atoms with Gasteiger partial charge in [-0.25, -0.2) is 14.8 Å². The van der Waals surface area contributed by atoms with Crippen molar-refractivity contribution in [1.82, 2.24) is 19.8 Å². The standard InChI is InChI=1S/C27H39F3N6O3/c1-18-6-15-38-26(18)7-9-34(10-8-26)21-16-22(32-23(31-21)27(28,29)30)36-17-20(19(36)2)33-11-13-35(14-12-33)24(37)39-25(3,4)5/h16,19-20H,1,6-15,17H2,2-5H3/t19-,20-/m1/s1. The summed E-state index contributed by atoms with van der Waals surface area (Å²) in [5.74, 6) is -0.517. The molecule has 0 N–H and O–H groups in total. The fraction of sp³-hybridized carbons (Fsp3) is 0.741. The number of amides is 1. The van der Waals surface area contributed by atoms with E-state index in [9.17, 15) is 18.0 Å². The van der Waals surface area contributed by atoms with Gasteiger partial charge in [0.2, 0.25) is 5.82 Å². The van der Waals surface area contributed by atoms with Gasteiger partial charge in [0, 0.05) is 64.0 Å². The number of hydrogen-bond donors (Lipinski definition) is 0. The zero-order valence-electron chi connectivity index (χ0n) is 23.3. The molecule has 9 nitrogen and oxygen atoms in total. The summed E-state index contributed by atoms with van der Waals surface area (Å²) in [6, 6.07) is 1.82. The van der Waals surface area contributed by atoms with Crippen LogP contribution in [0.3, 0.4) is 0 Å². The highest BCUT2D eigenvalue weighted by molar-refractivity contribution is 5.68. The van der Waals surface area contributed by atoms with Crippen molar-refractivity contribution in [1.29, 1.82) is 0 Å². The van der Waals surface area contributed by atoms with Crippen LogP contribution in [0.1, 0.15) is 52.8 Å². The largest absolute Gasteiger partial charge is 0.451 e. The molecule has 39 heavy (non-hydrogen) atoms. The maximum Gasteiger partial charge on any atom is 0.451 e. The first-order chi connectivity index (χ1) is 18.3. The predicted octanol–water partition coefficient (Wildman–Crippen LogP) is 3.94. The number of carbonyl (C=O) groups excluding carboxylic acids is 1. The number of halogens is 3. The fourth-order valence-electron chi connectivity index (χ4n) is 6.03. The Balaban J connectivity index is 1.24. The molecule has 0 radical (unpaired) electrons. The van der Waals surface area contributed by atoms with Crippen molar-refractivity contribution in [2.24, 2.45) is 0 Å². The van der Waals surface area contributed by atoms with Gasteiger partial charge in [-0.1, -0.05) is 6.58 Å². The molecule has 5 heterocycles. The molecule has 2 atom stereocenters. The lowest BCUT2D eigenvalue weighted by Gasteiger charge is -2.53. The Morgan fingerprint density at radius 1 is 1.08 bits per heavy atom. The number of piperazine rings is 1. The average Bonchev–Trinajstić information content (AvgIpc) is 3.21. The van der Waals surface area contributed by atoms with E-state index >= 15 is 0 Å². The van der Waals surface area contributed by atoms with Crippen LogP contribution in [0.2, 0.25) is 0 Å². The number of hydrogen-bond acceptors (Lipinski definition) is 8. The van der Waals surface area contributed by atoms with Gasteiger partial charge in [-0.3, -0.25) is 4.90 Å². The van der Waals surface area contributed by atoms with Crippen molar-refractivity contribution in [2.45, 2.75) is 76.4 Å². The van der Waals surface area contributed by atoms with Gasteiger partial charge in [-0.2, -0.15) is 13.2 Å². The molecule has 0 saturated carbocycles. The Morgan fingerprint density at radius 2 is 1.72 bits per heavy atom. The number of anilines is 2. The van der Waals surface area contributed by atoms with Crippen molar-refractivity contribution in [2.75, 3.05) is 62.2 Å². The second-order valence-electron chi connectivity index (χ2n) is 12.1. The van der Waals surface area contributed by atoms with Crippen molar-refractivity contribution >= 4 is 17.7 Å². The van der Waals surface area contributed by atoms with Crippen molar-refractivity contribution in [3.63, 3.8) is 0 Å². The smallest absolute Gasteiger partial charge is 0.444 e.